The molecule has 120 valence electrons. The van der Waals surface area contributed by atoms with E-state index in [9.17, 15) is 9.59 Å². The number of benzene rings is 1. The van der Waals surface area contributed by atoms with Crippen LogP contribution in [-0.2, 0) is 9.59 Å². The number of ether oxygens (including phenoxy) is 1. The van der Waals surface area contributed by atoms with Gasteiger partial charge in [-0.1, -0.05) is 33.8 Å². The predicted octanol–water partition coefficient (Wildman–Crippen LogP) is 3.54. The highest BCUT2D eigenvalue weighted by atomic mass is 79.9. The van der Waals surface area contributed by atoms with Crippen molar-refractivity contribution in [1.82, 2.24) is 5.32 Å². The quantitative estimate of drug-likeness (QED) is 0.695. The zero-order chi connectivity index (χ0) is 15.8. The zero-order valence-electron chi connectivity index (χ0n) is 12.3. The number of halogens is 1. The fourth-order valence-electron chi connectivity index (χ4n) is 2.20. The molecule has 0 aliphatic carbocycles. The first-order chi connectivity index (χ1) is 10.6. The SMILES string of the molecule is O=C(CCCCCOc1cccc(Br)c1)NC1CCSC1=O. The fraction of sp³-hybridized carbons (Fsp3) is 0.500. The van der Waals surface area contributed by atoms with Gasteiger partial charge in [-0.3, -0.25) is 9.59 Å². The fourth-order valence-corrected chi connectivity index (χ4v) is 3.52. The number of thioether (sulfide) groups is 1. The molecule has 0 radical (unpaired) electrons. The number of hydrogen-bond acceptors (Lipinski definition) is 4. The van der Waals surface area contributed by atoms with Crippen molar-refractivity contribution in [3.63, 3.8) is 0 Å². The molecule has 1 unspecified atom stereocenters. The Kier molecular flexibility index (Phi) is 7.25. The van der Waals surface area contributed by atoms with Gasteiger partial charge in [-0.05, 0) is 43.9 Å². The van der Waals surface area contributed by atoms with Crippen molar-refractivity contribution in [2.45, 2.75) is 38.1 Å². The zero-order valence-corrected chi connectivity index (χ0v) is 14.7. The Balaban J connectivity index is 1.52. The molecule has 1 fully saturated rings. The van der Waals surface area contributed by atoms with Crippen molar-refractivity contribution in [1.29, 1.82) is 0 Å². The number of nitrogens with one attached hydrogen (secondary N) is 1. The summed E-state index contributed by atoms with van der Waals surface area (Å²) in [6, 6.07) is 7.49. The van der Waals surface area contributed by atoms with E-state index in [4.69, 9.17) is 4.74 Å². The normalized spacial score (nSPS) is 17.5. The third kappa shape index (κ3) is 6.01. The van der Waals surface area contributed by atoms with Crippen molar-refractivity contribution in [2.24, 2.45) is 0 Å². The first kappa shape index (κ1) is 17.3. The molecule has 1 atom stereocenters. The van der Waals surface area contributed by atoms with E-state index in [0.29, 0.717) is 13.0 Å². The molecule has 0 aromatic heterocycles. The molecule has 1 N–H and O–H groups in total. The lowest BCUT2D eigenvalue weighted by atomic mass is 10.1. The van der Waals surface area contributed by atoms with Crippen LogP contribution in [0, 0.1) is 0 Å². The van der Waals surface area contributed by atoms with E-state index >= 15 is 0 Å². The van der Waals surface area contributed by atoms with E-state index in [1.807, 2.05) is 24.3 Å². The monoisotopic (exact) mass is 385 g/mol. The maximum Gasteiger partial charge on any atom is 0.220 e. The van der Waals surface area contributed by atoms with Gasteiger partial charge in [-0.15, -0.1) is 0 Å². The maximum atomic E-state index is 11.7. The third-order valence-electron chi connectivity index (χ3n) is 3.38. The summed E-state index contributed by atoms with van der Waals surface area (Å²) in [6.45, 7) is 0.649. The summed E-state index contributed by atoms with van der Waals surface area (Å²) in [5.41, 5.74) is 0. The summed E-state index contributed by atoms with van der Waals surface area (Å²) < 4.78 is 6.64. The topological polar surface area (TPSA) is 55.4 Å². The lowest BCUT2D eigenvalue weighted by molar-refractivity contribution is -0.124. The van der Waals surface area contributed by atoms with E-state index in [2.05, 4.69) is 21.2 Å². The number of carbonyl (C=O) groups excluding carboxylic acids is 2. The molecule has 0 saturated carbocycles. The van der Waals surface area contributed by atoms with Crippen LogP contribution < -0.4 is 10.1 Å². The van der Waals surface area contributed by atoms with Crippen molar-refractivity contribution in [3.8, 4) is 5.75 Å². The lowest BCUT2D eigenvalue weighted by Gasteiger charge is -2.10. The van der Waals surface area contributed by atoms with Gasteiger partial charge in [-0.25, -0.2) is 0 Å². The average molecular weight is 386 g/mol. The van der Waals surface area contributed by atoms with E-state index in [1.165, 1.54) is 11.8 Å². The van der Waals surface area contributed by atoms with Gasteiger partial charge in [0, 0.05) is 16.6 Å². The van der Waals surface area contributed by atoms with E-state index in [-0.39, 0.29) is 17.1 Å². The van der Waals surface area contributed by atoms with E-state index < -0.39 is 0 Å². The highest BCUT2D eigenvalue weighted by Gasteiger charge is 2.26. The van der Waals surface area contributed by atoms with Gasteiger partial charge < -0.3 is 10.1 Å². The van der Waals surface area contributed by atoms with Crippen molar-refractivity contribution in [3.05, 3.63) is 28.7 Å². The Bertz CT molecular complexity index is 524. The van der Waals surface area contributed by atoms with Crippen LogP contribution in [0.5, 0.6) is 5.75 Å². The van der Waals surface area contributed by atoms with Crippen molar-refractivity contribution >= 4 is 38.7 Å². The summed E-state index contributed by atoms with van der Waals surface area (Å²) in [5.74, 6) is 1.65. The average Bonchev–Trinajstić information content (AvgIpc) is 2.88. The molecule has 1 aromatic carbocycles. The molecule has 6 heteroatoms. The largest absolute Gasteiger partial charge is 0.494 e. The minimum Gasteiger partial charge on any atom is -0.494 e. The molecule has 2 rings (SSSR count). The van der Waals surface area contributed by atoms with Crippen molar-refractivity contribution in [2.75, 3.05) is 12.4 Å². The highest BCUT2D eigenvalue weighted by molar-refractivity contribution is 9.10. The second kappa shape index (κ2) is 9.20. The number of hydrogen-bond donors (Lipinski definition) is 1. The van der Waals surface area contributed by atoms with Gasteiger partial charge >= 0.3 is 0 Å². The Morgan fingerprint density at radius 1 is 1.36 bits per heavy atom. The molecule has 1 heterocycles. The standard InChI is InChI=1S/C16H20BrNO3S/c17-12-5-4-6-13(11-12)21-9-3-1-2-7-15(19)18-14-8-10-22-16(14)20/h4-6,11,14H,1-3,7-10H2,(H,18,19). The van der Waals surface area contributed by atoms with Crippen LogP contribution >= 0.6 is 27.7 Å². The molecule has 1 aliphatic heterocycles. The van der Waals surface area contributed by atoms with Gasteiger partial charge in [0.05, 0.1) is 12.6 Å². The molecule has 1 aromatic rings. The number of rotatable bonds is 8. The second-order valence-corrected chi connectivity index (χ2v) is 7.21. The molecule has 0 spiro atoms. The lowest BCUT2D eigenvalue weighted by Crippen LogP contribution is -2.36. The molecule has 1 aliphatic rings. The summed E-state index contributed by atoms with van der Waals surface area (Å²) in [7, 11) is 0. The first-order valence-electron chi connectivity index (χ1n) is 7.49. The van der Waals surface area contributed by atoms with Crippen LogP contribution in [0.15, 0.2) is 28.7 Å². The number of amides is 1. The summed E-state index contributed by atoms with van der Waals surface area (Å²) >= 11 is 4.71. The van der Waals surface area contributed by atoms with Gasteiger partial charge in [-0.2, -0.15) is 0 Å². The van der Waals surface area contributed by atoms with E-state index in [1.54, 1.807) is 0 Å². The smallest absolute Gasteiger partial charge is 0.220 e. The second-order valence-electron chi connectivity index (χ2n) is 5.19. The molecule has 1 saturated heterocycles. The Labute approximate surface area is 143 Å². The van der Waals surface area contributed by atoms with Crippen LogP contribution in [0.4, 0.5) is 0 Å². The Hall–Kier alpha value is -1.01. The summed E-state index contributed by atoms with van der Waals surface area (Å²) in [4.78, 5) is 23.1. The minimum atomic E-state index is -0.266. The van der Waals surface area contributed by atoms with Gasteiger partial charge in [0.2, 0.25) is 11.0 Å². The van der Waals surface area contributed by atoms with Crippen LogP contribution in [0.1, 0.15) is 32.1 Å². The summed E-state index contributed by atoms with van der Waals surface area (Å²) in [6.07, 6.45) is 3.91. The van der Waals surface area contributed by atoms with Gasteiger partial charge in [0.1, 0.15) is 5.75 Å². The van der Waals surface area contributed by atoms with Gasteiger partial charge in [0.15, 0.2) is 0 Å². The van der Waals surface area contributed by atoms with Crippen LogP contribution in [0.25, 0.3) is 0 Å². The Morgan fingerprint density at radius 2 is 2.23 bits per heavy atom. The molecular formula is C16H20BrNO3S. The molecule has 0 bridgehead atoms. The van der Waals surface area contributed by atoms with E-state index in [0.717, 1.165) is 41.7 Å². The van der Waals surface area contributed by atoms with Gasteiger partial charge in [0.25, 0.3) is 0 Å². The first-order valence-corrected chi connectivity index (χ1v) is 9.27. The van der Waals surface area contributed by atoms with Crippen LogP contribution in [-0.4, -0.2) is 29.4 Å². The van der Waals surface area contributed by atoms with Crippen LogP contribution in [0.3, 0.4) is 0 Å². The highest BCUT2D eigenvalue weighted by Crippen LogP contribution is 2.20. The van der Waals surface area contributed by atoms with Crippen molar-refractivity contribution < 1.29 is 14.3 Å². The number of carbonyl (C=O) groups is 2. The number of unbranched alkanes of at least 4 members (excludes halogenated alkanes) is 2. The molecule has 4 nitrogen and oxygen atoms in total. The Morgan fingerprint density at radius 3 is 2.95 bits per heavy atom. The molecule has 22 heavy (non-hydrogen) atoms. The van der Waals surface area contributed by atoms with Crippen LogP contribution in [0.2, 0.25) is 0 Å². The summed E-state index contributed by atoms with van der Waals surface area (Å²) in [5, 5.41) is 2.90. The molecule has 1 amide bonds. The minimum absolute atomic E-state index is 0.0197. The third-order valence-corrected chi connectivity index (χ3v) is 4.89. The predicted molar refractivity (Wildman–Crippen MR) is 92.1 cm³/mol. The maximum absolute atomic E-state index is 11.7. The molecular weight excluding hydrogens is 366 g/mol.